The van der Waals surface area contributed by atoms with Crippen LogP contribution in [0.2, 0.25) is 0 Å². The summed E-state index contributed by atoms with van der Waals surface area (Å²) < 4.78 is 68.5. The van der Waals surface area contributed by atoms with Gasteiger partial charge in [-0.15, -0.1) is 0 Å². The Morgan fingerprint density at radius 2 is 0.505 bits per heavy atom. The fraction of sp³-hybridized carbons (Fsp3) is 0.951. The molecular weight excluding hydrogens is 1320 g/mol. The van der Waals surface area contributed by atoms with Crippen molar-refractivity contribution < 1.29 is 80.2 Å². The molecule has 0 aromatic carbocycles. The Kier molecular flexibility index (Phi) is 72.2. The molecule has 6 atom stereocenters. The van der Waals surface area contributed by atoms with Gasteiger partial charge in [0.2, 0.25) is 0 Å². The Hall–Kier alpha value is -1.94. The Morgan fingerprint density at radius 3 is 0.752 bits per heavy atom. The molecule has 17 nitrogen and oxygen atoms in total. The highest BCUT2D eigenvalue weighted by atomic mass is 31.2. The Morgan fingerprint density at radius 1 is 0.287 bits per heavy atom. The number of unbranched alkanes of at least 4 members (excludes halogenated alkanes) is 50. The molecule has 0 aliphatic heterocycles. The molecule has 0 aliphatic carbocycles. The van der Waals surface area contributed by atoms with E-state index < -0.39 is 97.5 Å². The quantitative estimate of drug-likeness (QED) is 0.0222. The van der Waals surface area contributed by atoms with E-state index in [4.69, 9.17) is 37.0 Å². The van der Waals surface area contributed by atoms with E-state index in [2.05, 4.69) is 41.5 Å². The summed E-state index contributed by atoms with van der Waals surface area (Å²) in [7, 11) is -9.91. The molecular formula is C82H160O17P2. The normalized spacial score (nSPS) is 14.2. The van der Waals surface area contributed by atoms with Gasteiger partial charge in [0.1, 0.15) is 19.3 Å². The number of esters is 4. The summed E-state index contributed by atoms with van der Waals surface area (Å²) in [5, 5.41) is 10.6. The van der Waals surface area contributed by atoms with Crippen molar-refractivity contribution in [2.45, 2.75) is 452 Å². The zero-order valence-electron chi connectivity index (χ0n) is 66.2. The van der Waals surface area contributed by atoms with Gasteiger partial charge in [0, 0.05) is 25.7 Å². The molecule has 600 valence electrons. The first kappa shape index (κ1) is 99.1. The van der Waals surface area contributed by atoms with E-state index in [9.17, 15) is 43.2 Å². The molecule has 19 heteroatoms. The van der Waals surface area contributed by atoms with E-state index in [-0.39, 0.29) is 25.7 Å². The second-order valence-corrected chi connectivity index (χ2v) is 33.1. The van der Waals surface area contributed by atoms with Gasteiger partial charge in [-0.1, -0.05) is 382 Å². The maximum absolute atomic E-state index is 13.1. The van der Waals surface area contributed by atoms with E-state index in [1.807, 2.05) is 0 Å². The molecule has 0 amide bonds. The first-order valence-electron chi connectivity index (χ1n) is 42.5. The maximum atomic E-state index is 13.1. The van der Waals surface area contributed by atoms with Crippen molar-refractivity contribution in [2.75, 3.05) is 39.6 Å². The minimum absolute atomic E-state index is 0.108. The number of hydrogen-bond acceptors (Lipinski definition) is 15. The lowest BCUT2D eigenvalue weighted by atomic mass is 9.99. The van der Waals surface area contributed by atoms with Crippen LogP contribution in [0.3, 0.4) is 0 Å². The van der Waals surface area contributed by atoms with Gasteiger partial charge in [0.05, 0.1) is 26.4 Å². The van der Waals surface area contributed by atoms with Gasteiger partial charge in [-0.2, -0.15) is 0 Å². The molecule has 0 rings (SSSR count). The van der Waals surface area contributed by atoms with E-state index in [1.165, 1.54) is 244 Å². The number of hydrogen-bond donors (Lipinski definition) is 3. The highest BCUT2D eigenvalue weighted by Crippen LogP contribution is 2.45. The number of carbonyl (C=O) groups is 4. The highest BCUT2D eigenvalue weighted by Gasteiger charge is 2.30. The number of phosphoric ester groups is 2. The molecule has 0 heterocycles. The van der Waals surface area contributed by atoms with Crippen molar-refractivity contribution in [2.24, 2.45) is 11.8 Å². The van der Waals surface area contributed by atoms with Crippen molar-refractivity contribution in [1.29, 1.82) is 0 Å². The van der Waals surface area contributed by atoms with E-state index >= 15 is 0 Å². The molecule has 0 spiro atoms. The monoisotopic (exact) mass is 1480 g/mol. The Bertz CT molecular complexity index is 1940. The summed E-state index contributed by atoms with van der Waals surface area (Å²) in [6.07, 6.45) is 64.3. The molecule has 0 aromatic rings. The molecule has 0 bridgehead atoms. The zero-order valence-corrected chi connectivity index (χ0v) is 68.0. The van der Waals surface area contributed by atoms with Crippen LogP contribution >= 0.6 is 15.6 Å². The maximum Gasteiger partial charge on any atom is 0.472 e. The first-order valence-corrected chi connectivity index (χ1v) is 45.5. The molecule has 3 unspecified atom stereocenters. The van der Waals surface area contributed by atoms with Gasteiger partial charge in [0.25, 0.3) is 0 Å². The molecule has 0 saturated heterocycles. The summed E-state index contributed by atoms with van der Waals surface area (Å²) in [6, 6.07) is 0. The average Bonchev–Trinajstić information content (AvgIpc) is 0.937. The summed E-state index contributed by atoms with van der Waals surface area (Å²) in [5.74, 6) is -0.448. The summed E-state index contributed by atoms with van der Waals surface area (Å²) in [6.45, 7) is 9.65. The summed E-state index contributed by atoms with van der Waals surface area (Å²) in [5.41, 5.74) is 0. The second-order valence-electron chi connectivity index (χ2n) is 30.2. The summed E-state index contributed by atoms with van der Waals surface area (Å²) >= 11 is 0. The number of ether oxygens (including phenoxy) is 4. The summed E-state index contributed by atoms with van der Waals surface area (Å²) in [4.78, 5) is 72.8. The van der Waals surface area contributed by atoms with Crippen molar-refractivity contribution in [3.05, 3.63) is 0 Å². The SMILES string of the molecule is CCCCCCCCCCCCCCCCCCCC(=O)O[C@H](COC(=O)CCCCCCC)COP(=O)(O)OC[C@H](O)COP(=O)(O)OC[C@@H](COC(=O)CCCCCCCCCCCCCCCCC(C)CC)OC(=O)CCCCCCCCCCCCCCCCCCCCC(C)C. The molecule has 0 saturated carbocycles. The molecule has 0 radical (unpaired) electrons. The van der Waals surface area contributed by atoms with E-state index in [0.29, 0.717) is 25.7 Å². The lowest BCUT2D eigenvalue weighted by Gasteiger charge is -2.21. The van der Waals surface area contributed by atoms with Crippen molar-refractivity contribution in [1.82, 2.24) is 0 Å². The van der Waals surface area contributed by atoms with Gasteiger partial charge >= 0.3 is 39.5 Å². The lowest BCUT2D eigenvalue weighted by molar-refractivity contribution is -0.161. The van der Waals surface area contributed by atoms with Crippen LogP contribution in [0.5, 0.6) is 0 Å². The van der Waals surface area contributed by atoms with E-state index in [0.717, 1.165) is 108 Å². The topological polar surface area (TPSA) is 237 Å². The van der Waals surface area contributed by atoms with Gasteiger partial charge in [-0.3, -0.25) is 37.3 Å². The van der Waals surface area contributed by atoms with Crippen molar-refractivity contribution >= 4 is 39.5 Å². The van der Waals surface area contributed by atoms with Crippen molar-refractivity contribution in [3.63, 3.8) is 0 Å². The highest BCUT2D eigenvalue weighted by molar-refractivity contribution is 7.47. The van der Waals surface area contributed by atoms with Crippen LogP contribution < -0.4 is 0 Å². The number of aliphatic hydroxyl groups excluding tert-OH is 1. The Balaban J connectivity index is 5.12. The van der Waals surface area contributed by atoms with Crippen LogP contribution in [0.25, 0.3) is 0 Å². The Labute approximate surface area is 619 Å². The average molecular weight is 1480 g/mol. The van der Waals surface area contributed by atoms with E-state index in [1.54, 1.807) is 0 Å². The van der Waals surface area contributed by atoms with Gasteiger partial charge < -0.3 is 33.8 Å². The van der Waals surface area contributed by atoms with Crippen LogP contribution in [0.15, 0.2) is 0 Å². The zero-order chi connectivity index (χ0) is 74.2. The predicted octanol–water partition coefficient (Wildman–Crippen LogP) is 24.7. The largest absolute Gasteiger partial charge is 0.472 e. The third-order valence-electron chi connectivity index (χ3n) is 19.6. The molecule has 0 aromatic heterocycles. The number of rotatable bonds is 81. The van der Waals surface area contributed by atoms with Gasteiger partial charge in [0.15, 0.2) is 12.2 Å². The lowest BCUT2D eigenvalue weighted by Crippen LogP contribution is -2.30. The van der Waals surface area contributed by atoms with Gasteiger partial charge in [-0.25, -0.2) is 9.13 Å². The van der Waals surface area contributed by atoms with Crippen LogP contribution in [0.4, 0.5) is 0 Å². The third kappa shape index (κ3) is 74.7. The second kappa shape index (κ2) is 73.6. The van der Waals surface area contributed by atoms with Crippen LogP contribution in [0, 0.1) is 11.8 Å². The molecule has 0 fully saturated rings. The number of aliphatic hydroxyl groups is 1. The molecule has 101 heavy (non-hydrogen) atoms. The fourth-order valence-electron chi connectivity index (χ4n) is 12.7. The molecule has 3 N–H and O–H groups in total. The number of phosphoric acid groups is 2. The minimum Gasteiger partial charge on any atom is -0.462 e. The number of carbonyl (C=O) groups excluding carboxylic acids is 4. The van der Waals surface area contributed by atoms with Crippen LogP contribution in [0.1, 0.15) is 433 Å². The smallest absolute Gasteiger partial charge is 0.462 e. The van der Waals surface area contributed by atoms with Crippen LogP contribution in [-0.2, 0) is 65.4 Å². The van der Waals surface area contributed by atoms with Gasteiger partial charge in [-0.05, 0) is 37.5 Å². The van der Waals surface area contributed by atoms with Crippen molar-refractivity contribution in [3.8, 4) is 0 Å². The fourth-order valence-corrected chi connectivity index (χ4v) is 14.3. The predicted molar refractivity (Wildman–Crippen MR) is 414 cm³/mol. The van der Waals surface area contributed by atoms with Crippen LogP contribution in [-0.4, -0.2) is 96.7 Å². The standard InChI is InChI=1S/C82H160O17P2/c1-7-10-12-14-15-16-17-18-19-22-26-33-38-43-48-54-60-66-81(86)98-77(70-92-79(84)64-58-50-13-11-8-2)72-96-100(88,89)94-68-76(83)69-95-101(90,91)97-73-78(71-93-80(85)65-59-53-47-42-37-32-29-28-31-36-41-46-52-57-63-75(6)9-3)99-82(87)67-61-55-49-44-39-34-27-24-21-20-23-25-30-35-40-45-51-56-62-74(4)5/h74-78,83H,7-73H2,1-6H3,(H,88,89)(H,90,91)/t75?,76-,77+,78+/m0/s1. The third-order valence-corrected chi connectivity index (χ3v) is 21.5. The first-order chi connectivity index (χ1) is 48.9. The minimum atomic E-state index is -4.96. The molecule has 0 aliphatic rings.